The van der Waals surface area contributed by atoms with Gasteiger partial charge >= 0.3 is 0 Å². The predicted molar refractivity (Wildman–Crippen MR) is 64.4 cm³/mol. The zero-order valence-electron chi connectivity index (χ0n) is 10.5. The Labute approximate surface area is 97.4 Å². The van der Waals surface area contributed by atoms with Gasteiger partial charge in [0.25, 0.3) is 0 Å². The molecule has 1 aromatic rings. The van der Waals surface area contributed by atoms with Gasteiger partial charge < -0.3 is 5.32 Å². The minimum absolute atomic E-state index is 0.0330. The van der Waals surface area contributed by atoms with Crippen molar-refractivity contribution < 1.29 is 0 Å². The molecule has 0 spiro atoms. The smallest absolute Gasteiger partial charge is 0.0842 e. The van der Waals surface area contributed by atoms with Crippen LogP contribution in [0, 0.1) is 0 Å². The molecule has 1 unspecified atom stereocenters. The van der Waals surface area contributed by atoms with E-state index in [4.69, 9.17) is 0 Å². The largest absolute Gasteiger partial charge is 0.314 e. The molecule has 1 aliphatic rings. The van der Waals surface area contributed by atoms with E-state index in [1.54, 1.807) is 0 Å². The van der Waals surface area contributed by atoms with Crippen molar-refractivity contribution in [2.45, 2.75) is 58.0 Å². The Balaban J connectivity index is 1.97. The molecule has 0 aliphatic carbocycles. The van der Waals surface area contributed by atoms with Crippen molar-refractivity contribution in [1.29, 1.82) is 0 Å². The summed E-state index contributed by atoms with van der Waals surface area (Å²) >= 11 is 0. The van der Waals surface area contributed by atoms with Gasteiger partial charge in [-0.2, -0.15) is 0 Å². The molecule has 0 amide bonds. The average molecular weight is 222 g/mol. The van der Waals surface area contributed by atoms with Crippen molar-refractivity contribution in [3.05, 3.63) is 11.9 Å². The lowest BCUT2D eigenvalue weighted by atomic mass is 10.0. The maximum Gasteiger partial charge on any atom is 0.0842 e. The molecule has 1 atom stereocenters. The summed E-state index contributed by atoms with van der Waals surface area (Å²) in [5.41, 5.74) is 1.14. The van der Waals surface area contributed by atoms with Gasteiger partial charge in [0.1, 0.15) is 0 Å². The van der Waals surface area contributed by atoms with Crippen LogP contribution >= 0.6 is 0 Å². The average Bonchev–Trinajstić information content (AvgIpc) is 2.67. The Morgan fingerprint density at radius 3 is 2.81 bits per heavy atom. The Morgan fingerprint density at radius 1 is 1.44 bits per heavy atom. The van der Waals surface area contributed by atoms with Crippen LogP contribution in [0.2, 0.25) is 0 Å². The number of nitrogens with one attached hydrogen (secondary N) is 1. The van der Waals surface area contributed by atoms with E-state index in [9.17, 15) is 0 Å². The van der Waals surface area contributed by atoms with E-state index >= 15 is 0 Å². The van der Waals surface area contributed by atoms with E-state index in [1.807, 2.05) is 4.68 Å². The van der Waals surface area contributed by atoms with E-state index in [1.165, 1.54) is 19.3 Å². The van der Waals surface area contributed by atoms with E-state index in [0.29, 0.717) is 6.04 Å². The monoisotopic (exact) mass is 222 g/mol. The minimum Gasteiger partial charge on any atom is -0.314 e. The molecule has 1 saturated heterocycles. The van der Waals surface area contributed by atoms with Crippen LogP contribution in [0.25, 0.3) is 0 Å². The molecule has 4 heteroatoms. The SMILES string of the molecule is CC(C)(C)n1cc(CC2CCCCN2)nn1. The van der Waals surface area contributed by atoms with Crippen molar-refractivity contribution >= 4 is 0 Å². The van der Waals surface area contributed by atoms with Gasteiger partial charge in [-0.15, -0.1) is 5.10 Å². The Hall–Kier alpha value is -0.900. The molecular weight excluding hydrogens is 200 g/mol. The highest BCUT2D eigenvalue weighted by Gasteiger charge is 2.18. The third kappa shape index (κ3) is 2.82. The van der Waals surface area contributed by atoms with E-state index in [0.717, 1.165) is 18.7 Å². The summed E-state index contributed by atoms with van der Waals surface area (Å²) in [5, 5.41) is 12.0. The van der Waals surface area contributed by atoms with E-state index in [2.05, 4.69) is 42.6 Å². The summed E-state index contributed by atoms with van der Waals surface area (Å²) < 4.78 is 1.95. The second kappa shape index (κ2) is 4.53. The Morgan fingerprint density at radius 2 is 2.25 bits per heavy atom. The van der Waals surface area contributed by atoms with Gasteiger partial charge in [0.05, 0.1) is 11.2 Å². The zero-order chi connectivity index (χ0) is 11.6. The summed E-state index contributed by atoms with van der Waals surface area (Å²) in [6.07, 6.45) is 7.00. The molecule has 0 bridgehead atoms. The molecule has 1 aliphatic heterocycles. The van der Waals surface area contributed by atoms with Crippen LogP contribution in [0.15, 0.2) is 6.20 Å². The fourth-order valence-corrected chi connectivity index (χ4v) is 2.07. The number of piperidine rings is 1. The molecular formula is C12H22N4. The highest BCUT2D eigenvalue weighted by atomic mass is 15.4. The first kappa shape index (κ1) is 11.6. The first-order chi connectivity index (χ1) is 7.55. The van der Waals surface area contributed by atoms with Crippen molar-refractivity contribution in [3.8, 4) is 0 Å². The third-order valence-corrected chi connectivity index (χ3v) is 3.10. The molecule has 1 fully saturated rings. The predicted octanol–water partition coefficient (Wildman–Crippen LogP) is 1.72. The van der Waals surface area contributed by atoms with Crippen LogP contribution in [0.5, 0.6) is 0 Å². The fourth-order valence-electron chi connectivity index (χ4n) is 2.07. The van der Waals surface area contributed by atoms with E-state index < -0.39 is 0 Å². The minimum atomic E-state index is 0.0330. The number of hydrogen-bond acceptors (Lipinski definition) is 3. The van der Waals surface area contributed by atoms with Gasteiger partial charge in [-0.1, -0.05) is 11.6 Å². The lowest BCUT2D eigenvalue weighted by Crippen LogP contribution is -2.35. The highest BCUT2D eigenvalue weighted by Crippen LogP contribution is 2.14. The number of rotatable bonds is 2. The molecule has 16 heavy (non-hydrogen) atoms. The van der Waals surface area contributed by atoms with Crippen LogP contribution < -0.4 is 5.32 Å². The van der Waals surface area contributed by atoms with Crippen LogP contribution in [-0.2, 0) is 12.0 Å². The first-order valence-electron chi connectivity index (χ1n) is 6.21. The Bertz CT molecular complexity index is 331. The molecule has 2 rings (SSSR count). The van der Waals surface area contributed by atoms with Gasteiger partial charge in [-0.25, -0.2) is 4.68 Å². The Kier molecular flexibility index (Phi) is 3.28. The summed E-state index contributed by atoms with van der Waals surface area (Å²) in [6.45, 7) is 7.58. The molecule has 4 nitrogen and oxygen atoms in total. The molecule has 0 aromatic carbocycles. The molecule has 90 valence electrons. The van der Waals surface area contributed by atoms with Gasteiger partial charge in [-0.3, -0.25) is 0 Å². The summed E-state index contributed by atoms with van der Waals surface area (Å²) in [6, 6.07) is 0.596. The molecule has 1 N–H and O–H groups in total. The number of hydrogen-bond donors (Lipinski definition) is 1. The molecule has 2 heterocycles. The number of aromatic nitrogens is 3. The molecule has 0 saturated carbocycles. The van der Waals surface area contributed by atoms with E-state index in [-0.39, 0.29) is 5.54 Å². The highest BCUT2D eigenvalue weighted by molar-refractivity contribution is 4.98. The fraction of sp³-hybridized carbons (Fsp3) is 0.833. The van der Waals surface area contributed by atoms with Crippen LogP contribution in [0.3, 0.4) is 0 Å². The maximum absolute atomic E-state index is 4.25. The molecule has 0 radical (unpaired) electrons. The van der Waals surface area contributed by atoms with Gasteiger partial charge in [0, 0.05) is 18.7 Å². The first-order valence-corrected chi connectivity index (χ1v) is 6.21. The molecule has 1 aromatic heterocycles. The lowest BCUT2D eigenvalue weighted by Gasteiger charge is -2.22. The van der Waals surface area contributed by atoms with Gasteiger partial charge in [0.15, 0.2) is 0 Å². The van der Waals surface area contributed by atoms with Gasteiger partial charge in [-0.05, 0) is 40.2 Å². The van der Waals surface area contributed by atoms with Crippen molar-refractivity contribution in [3.63, 3.8) is 0 Å². The third-order valence-electron chi connectivity index (χ3n) is 3.10. The van der Waals surface area contributed by atoms with Crippen molar-refractivity contribution in [2.24, 2.45) is 0 Å². The zero-order valence-corrected chi connectivity index (χ0v) is 10.5. The standard InChI is InChI=1S/C12H22N4/c1-12(2,3)16-9-11(14-15-16)8-10-6-4-5-7-13-10/h9-10,13H,4-8H2,1-3H3. The van der Waals surface area contributed by atoms with Crippen LogP contribution in [0.4, 0.5) is 0 Å². The number of nitrogens with zero attached hydrogens (tertiary/aromatic N) is 3. The van der Waals surface area contributed by atoms with Crippen molar-refractivity contribution in [2.75, 3.05) is 6.54 Å². The topological polar surface area (TPSA) is 42.7 Å². The summed E-state index contributed by atoms with van der Waals surface area (Å²) in [4.78, 5) is 0. The van der Waals surface area contributed by atoms with Crippen molar-refractivity contribution in [1.82, 2.24) is 20.3 Å². The second-order valence-corrected chi connectivity index (χ2v) is 5.68. The van der Waals surface area contributed by atoms with Crippen LogP contribution in [-0.4, -0.2) is 27.6 Å². The lowest BCUT2D eigenvalue weighted by molar-refractivity contribution is 0.346. The van der Waals surface area contributed by atoms with Gasteiger partial charge in [0.2, 0.25) is 0 Å². The second-order valence-electron chi connectivity index (χ2n) is 5.68. The van der Waals surface area contributed by atoms with Crippen LogP contribution in [0.1, 0.15) is 45.7 Å². The quantitative estimate of drug-likeness (QED) is 0.828. The summed E-state index contributed by atoms with van der Waals surface area (Å²) in [7, 11) is 0. The maximum atomic E-state index is 4.25. The normalized spacial score (nSPS) is 22.3. The summed E-state index contributed by atoms with van der Waals surface area (Å²) in [5.74, 6) is 0.